The Hall–Kier alpha value is -0.580. The second kappa shape index (κ2) is 3.71. The van der Waals surface area contributed by atoms with Gasteiger partial charge in [-0.2, -0.15) is 0 Å². The predicted octanol–water partition coefficient (Wildman–Crippen LogP) is 2.15. The molecule has 0 saturated carbocycles. The smallest absolute Gasteiger partial charge is 0.150 e. The summed E-state index contributed by atoms with van der Waals surface area (Å²) in [6.07, 6.45) is 0.849. The number of carbonyl (C=O) groups is 1. The molecule has 0 aromatic heterocycles. The third kappa shape index (κ3) is 1.92. The summed E-state index contributed by atoms with van der Waals surface area (Å²) in [5.74, 6) is 0. The van der Waals surface area contributed by atoms with Crippen molar-refractivity contribution in [3.8, 4) is 0 Å². The molecule has 11 heavy (non-hydrogen) atoms. The highest BCUT2D eigenvalue weighted by Crippen LogP contribution is 2.17. The van der Waals surface area contributed by atoms with Crippen LogP contribution in [0.1, 0.15) is 10.4 Å². The van der Waals surface area contributed by atoms with Crippen molar-refractivity contribution < 1.29 is 4.79 Å². The Labute approximate surface area is 79.1 Å². The van der Waals surface area contributed by atoms with Crippen LogP contribution in [-0.2, 0) is 0 Å². The second-order valence-electron chi connectivity index (χ2n) is 2.11. The fourth-order valence-electron chi connectivity index (χ4n) is 0.807. The minimum absolute atomic E-state index is 0.716. The van der Waals surface area contributed by atoms with E-state index >= 15 is 0 Å². The van der Waals surface area contributed by atoms with Gasteiger partial charge in [0.05, 0.1) is 0 Å². The Morgan fingerprint density at radius 1 is 1.55 bits per heavy atom. The van der Waals surface area contributed by atoms with Gasteiger partial charge in [0.1, 0.15) is 6.29 Å². The Kier molecular flexibility index (Phi) is 2.87. The molecule has 1 aromatic carbocycles. The van der Waals surface area contributed by atoms with E-state index in [9.17, 15) is 4.79 Å². The lowest BCUT2D eigenvalue weighted by Gasteiger charge is -2.02. The normalized spacial score (nSPS) is 9.27. The summed E-state index contributed by atoms with van der Waals surface area (Å²) >= 11 is 2.19. The van der Waals surface area contributed by atoms with Gasteiger partial charge in [0.2, 0.25) is 0 Å². The van der Waals surface area contributed by atoms with Crippen molar-refractivity contribution in [3.63, 3.8) is 0 Å². The number of hydrogen-bond donors (Lipinski definition) is 1. The fraction of sp³-hybridized carbons (Fsp3) is 0.125. The minimum Gasteiger partial charge on any atom is -0.387 e. The van der Waals surface area contributed by atoms with Crippen LogP contribution in [0.25, 0.3) is 0 Å². The highest BCUT2D eigenvalue weighted by atomic mass is 127. The van der Waals surface area contributed by atoms with E-state index in [1.54, 1.807) is 6.07 Å². The lowest BCUT2D eigenvalue weighted by Crippen LogP contribution is -1.92. The molecule has 2 nitrogen and oxygen atoms in total. The zero-order valence-electron chi connectivity index (χ0n) is 6.10. The summed E-state index contributed by atoms with van der Waals surface area (Å²) in [5.41, 5.74) is 1.77. The fourth-order valence-corrected chi connectivity index (χ4v) is 1.62. The van der Waals surface area contributed by atoms with Crippen LogP contribution in [0.5, 0.6) is 0 Å². The SMILES string of the molecule is CNc1ccc(C=O)cc1I. The van der Waals surface area contributed by atoms with Gasteiger partial charge in [-0.05, 0) is 40.8 Å². The quantitative estimate of drug-likeness (QED) is 0.652. The standard InChI is InChI=1S/C8H8INO/c1-10-8-3-2-6(5-11)4-7(8)9/h2-5,10H,1H3. The number of carbonyl (C=O) groups excluding carboxylic acids is 1. The molecule has 0 bridgehead atoms. The molecular weight excluding hydrogens is 253 g/mol. The van der Waals surface area contributed by atoms with Crippen LogP contribution < -0.4 is 5.32 Å². The van der Waals surface area contributed by atoms with Crippen LogP contribution in [0.2, 0.25) is 0 Å². The summed E-state index contributed by atoms with van der Waals surface area (Å²) in [6.45, 7) is 0. The zero-order chi connectivity index (χ0) is 8.27. The zero-order valence-corrected chi connectivity index (χ0v) is 8.25. The van der Waals surface area contributed by atoms with Crippen LogP contribution in [0, 0.1) is 3.57 Å². The molecule has 1 N–H and O–H groups in total. The van der Waals surface area contributed by atoms with Gasteiger partial charge in [-0.15, -0.1) is 0 Å². The van der Waals surface area contributed by atoms with Gasteiger partial charge >= 0.3 is 0 Å². The molecule has 0 amide bonds. The van der Waals surface area contributed by atoms with E-state index in [1.807, 2.05) is 19.2 Å². The molecule has 0 radical (unpaired) electrons. The Balaban J connectivity index is 3.09. The van der Waals surface area contributed by atoms with E-state index in [1.165, 1.54) is 0 Å². The van der Waals surface area contributed by atoms with Crippen molar-refractivity contribution in [2.75, 3.05) is 12.4 Å². The highest BCUT2D eigenvalue weighted by Gasteiger charge is 1.97. The van der Waals surface area contributed by atoms with Gasteiger partial charge in [0.15, 0.2) is 0 Å². The van der Waals surface area contributed by atoms with E-state index in [-0.39, 0.29) is 0 Å². The lowest BCUT2D eigenvalue weighted by molar-refractivity contribution is 0.112. The first kappa shape index (κ1) is 8.52. The number of aldehydes is 1. The average Bonchev–Trinajstić information content (AvgIpc) is 2.04. The van der Waals surface area contributed by atoms with Crippen molar-refractivity contribution in [1.29, 1.82) is 0 Å². The molecule has 58 valence electrons. The maximum absolute atomic E-state index is 10.3. The van der Waals surface area contributed by atoms with Crippen molar-refractivity contribution in [2.24, 2.45) is 0 Å². The van der Waals surface area contributed by atoms with Crippen LogP contribution in [0.4, 0.5) is 5.69 Å². The molecule has 0 atom stereocenters. The molecular formula is C8H8INO. The summed E-state index contributed by atoms with van der Waals surface area (Å²) in [4.78, 5) is 10.3. The molecule has 1 aromatic rings. The van der Waals surface area contributed by atoms with E-state index in [0.29, 0.717) is 5.56 Å². The lowest BCUT2D eigenvalue weighted by atomic mass is 10.2. The van der Waals surface area contributed by atoms with Gasteiger partial charge in [0, 0.05) is 21.9 Å². The third-order valence-electron chi connectivity index (χ3n) is 1.40. The van der Waals surface area contributed by atoms with Gasteiger partial charge in [-0.1, -0.05) is 0 Å². The molecule has 0 spiro atoms. The Morgan fingerprint density at radius 2 is 2.27 bits per heavy atom. The second-order valence-corrected chi connectivity index (χ2v) is 3.27. The molecule has 0 heterocycles. The number of rotatable bonds is 2. The monoisotopic (exact) mass is 261 g/mol. The van der Waals surface area contributed by atoms with E-state index in [4.69, 9.17) is 0 Å². The van der Waals surface area contributed by atoms with Gasteiger partial charge < -0.3 is 5.32 Å². The van der Waals surface area contributed by atoms with Gasteiger partial charge in [-0.25, -0.2) is 0 Å². The van der Waals surface area contributed by atoms with Crippen LogP contribution in [0.15, 0.2) is 18.2 Å². The van der Waals surface area contributed by atoms with Crippen molar-refractivity contribution in [3.05, 3.63) is 27.3 Å². The van der Waals surface area contributed by atoms with Crippen LogP contribution in [-0.4, -0.2) is 13.3 Å². The number of benzene rings is 1. The molecule has 0 aliphatic heterocycles. The van der Waals surface area contributed by atoms with Gasteiger partial charge in [-0.3, -0.25) is 4.79 Å². The molecule has 3 heteroatoms. The maximum Gasteiger partial charge on any atom is 0.150 e. The first-order chi connectivity index (χ1) is 5.27. The maximum atomic E-state index is 10.3. The number of halogens is 1. The number of nitrogens with one attached hydrogen (secondary N) is 1. The van der Waals surface area contributed by atoms with Crippen LogP contribution in [0.3, 0.4) is 0 Å². The molecule has 0 aliphatic rings. The first-order valence-corrected chi connectivity index (χ1v) is 4.28. The average molecular weight is 261 g/mol. The summed E-state index contributed by atoms with van der Waals surface area (Å²) in [6, 6.07) is 5.53. The van der Waals surface area contributed by atoms with E-state index < -0.39 is 0 Å². The third-order valence-corrected chi connectivity index (χ3v) is 2.29. The summed E-state index contributed by atoms with van der Waals surface area (Å²) in [5, 5.41) is 3.02. The molecule has 0 unspecified atom stereocenters. The number of hydrogen-bond acceptors (Lipinski definition) is 2. The first-order valence-electron chi connectivity index (χ1n) is 3.20. The van der Waals surface area contributed by atoms with E-state index in [0.717, 1.165) is 15.5 Å². The topological polar surface area (TPSA) is 29.1 Å². The minimum atomic E-state index is 0.716. The van der Waals surface area contributed by atoms with Crippen molar-refractivity contribution in [2.45, 2.75) is 0 Å². The predicted molar refractivity (Wildman–Crippen MR) is 54.1 cm³/mol. The van der Waals surface area contributed by atoms with Crippen LogP contribution >= 0.6 is 22.6 Å². The number of anilines is 1. The highest BCUT2D eigenvalue weighted by molar-refractivity contribution is 14.1. The van der Waals surface area contributed by atoms with Gasteiger partial charge in [0.25, 0.3) is 0 Å². The van der Waals surface area contributed by atoms with Crippen molar-refractivity contribution in [1.82, 2.24) is 0 Å². The molecule has 1 rings (SSSR count). The molecule has 0 saturated heterocycles. The summed E-state index contributed by atoms with van der Waals surface area (Å²) in [7, 11) is 1.86. The Morgan fingerprint density at radius 3 is 2.73 bits per heavy atom. The Bertz CT molecular complexity index is 273. The van der Waals surface area contributed by atoms with Crippen molar-refractivity contribution >= 4 is 34.6 Å². The molecule has 0 aliphatic carbocycles. The largest absolute Gasteiger partial charge is 0.387 e. The summed E-state index contributed by atoms with van der Waals surface area (Å²) < 4.78 is 1.06. The molecule has 0 fully saturated rings. The van der Waals surface area contributed by atoms with E-state index in [2.05, 4.69) is 27.9 Å².